The van der Waals surface area contributed by atoms with Crippen molar-refractivity contribution in [2.45, 2.75) is 45.4 Å². The van der Waals surface area contributed by atoms with Crippen LogP contribution >= 0.6 is 12.4 Å². The van der Waals surface area contributed by atoms with Crippen LogP contribution in [0.25, 0.3) is 0 Å². The number of phenols is 1. The first-order valence-electron chi connectivity index (χ1n) is 13.9. The monoisotopic (exact) mass is 627 g/mol. The Hall–Kier alpha value is -3.75. The van der Waals surface area contributed by atoms with Crippen molar-refractivity contribution in [3.05, 3.63) is 53.6 Å². The van der Waals surface area contributed by atoms with Gasteiger partial charge in [-0.2, -0.15) is 15.0 Å². The number of piperidine rings is 2. The molecule has 0 unspecified atom stereocenters. The fraction of sp³-hybridized carbons (Fsp3) is 0.448. The number of carbonyl (C=O) groups excluding carboxylic acids is 1. The van der Waals surface area contributed by atoms with E-state index in [9.17, 15) is 9.90 Å². The number of rotatable bonds is 6. The smallest absolute Gasteiger partial charge is 0.255 e. The van der Waals surface area contributed by atoms with Crippen LogP contribution in [0, 0.1) is 6.92 Å². The van der Waals surface area contributed by atoms with E-state index in [2.05, 4.69) is 31.9 Å². The molecule has 248 valence electrons. The Labute approximate surface area is 267 Å². The van der Waals surface area contributed by atoms with E-state index in [1.165, 1.54) is 26.9 Å². The van der Waals surface area contributed by atoms with Gasteiger partial charge in [-0.25, -0.2) is 0 Å². The predicted octanol–water partition coefficient (Wildman–Crippen LogP) is 5.74. The highest BCUT2D eigenvalue weighted by atomic mass is 35.5. The molecule has 2 aromatic carbocycles. The van der Waals surface area contributed by atoms with Gasteiger partial charge < -0.3 is 49.3 Å². The number of hydrogen-bond acceptors (Lipinski definition) is 12. The van der Waals surface area contributed by atoms with Crippen LogP contribution in [0.2, 0.25) is 0 Å². The fourth-order valence-electron chi connectivity index (χ4n) is 4.62. The number of hydrogen-bond donors (Lipinski definition) is 7. The Morgan fingerprint density at radius 3 is 1.74 bits per heavy atom. The van der Waals surface area contributed by atoms with Gasteiger partial charge in [0.15, 0.2) is 0 Å². The Balaban J connectivity index is -0.000000515. The van der Waals surface area contributed by atoms with Crippen molar-refractivity contribution in [3.8, 4) is 5.75 Å². The third kappa shape index (κ3) is 11.1. The normalized spacial score (nSPS) is 13.7. The lowest BCUT2D eigenvalue weighted by molar-refractivity contribution is 0.102. The van der Waals surface area contributed by atoms with Crippen LogP contribution in [-0.4, -0.2) is 66.2 Å². The average molecular weight is 628 g/mol. The van der Waals surface area contributed by atoms with E-state index >= 15 is 0 Å². The number of nitrogens with one attached hydrogen (secondary N) is 2. The number of benzene rings is 2. The number of nitrogens with two attached hydrogens (primary N) is 2. The lowest BCUT2D eigenvalue weighted by atomic mass is 10.1. The molecular weight excluding hydrogens is 570 g/mol. The van der Waals surface area contributed by atoms with E-state index in [0.717, 1.165) is 57.4 Å². The first-order chi connectivity index (χ1) is 19.5. The van der Waals surface area contributed by atoms with Crippen molar-refractivity contribution < 1.29 is 15.6 Å². The molecule has 3 aromatic rings. The van der Waals surface area contributed by atoms with Crippen molar-refractivity contribution in [2.75, 3.05) is 60.7 Å². The largest absolute Gasteiger partial charge is 0.506 e. The van der Waals surface area contributed by atoms with Gasteiger partial charge in [0.05, 0.1) is 5.69 Å². The molecule has 2 fully saturated rings. The molecule has 43 heavy (non-hydrogen) atoms. The molecule has 0 bridgehead atoms. The number of halogens is 1. The number of aromatic hydroxyl groups is 1. The van der Waals surface area contributed by atoms with Crippen LogP contribution in [0.3, 0.4) is 0 Å². The summed E-state index contributed by atoms with van der Waals surface area (Å²) in [6.45, 7) is 5.74. The number of amides is 1. The minimum atomic E-state index is -0.277. The molecule has 0 spiro atoms. The lowest BCUT2D eigenvalue weighted by Crippen LogP contribution is -2.34. The van der Waals surface area contributed by atoms with Gasteiger partial charge in [0.2, 0.25) is 17.8 Å². The summed E-state index contributed by atoms with van der Waals surface area (Å²) >= 11 is 0. The first kappa shape index (κ1) is 39.2. The molecular formula is C29H58ClN11O2. The molecule has 0 radical (unpaired) electrons. The predicted molar refractivity (Wildman–Crippen MR) is 188 cm³/mol. The van der Waals surface area contributed by atoms with Gasteiger partial charge in [-0.05, 0) is 83.8 Å². The summed E-state index contributed by atoms with van der Waals surface area (Å²) in [7, 11) is 3.00. The number of aromatic nitrogens is 3. The van der Waals surface area contributed by atoms with E-state index in [0.29, 0.717) is 34.8 Å². The van der Waals surface area contributed by atoms with Gasteiger partial charge in [-0.1, -0.05) is 17.7 Å². The summed E-state index contributed by atoms with van der Waals surface area (Å²) in [5.41, 5.74) is 11.6. The zero-order valence-electron chi connectivity index (χ0n) is 25.7. The molecule has 2 saturated heterocycles. The van der Waals surface area contributed by atoms with Crippen molar-refractivity contribution in [3.63, 3.8) is 0 Å². The molecule has 0 aliphatic carbocycles. The summed E-state index contributed by atoms with van der Waals surface area (Å²) in [6, 6.07) is 12.3. The number of anilines is 5. The van der Waals surface area contributed by atoms with Gasteiger partial charge in [-0.3, -0.25) is 4.79 Å². The molecule has 0 saturated carbocycles. The van der Waals surface area contributed by atoms with Gasteiger partial charge in [-0.15, -0.1) is 12.4 Å². The van der Waals surface area contributed by atoms with E-state index in [1.54, 1.807) is 30.3 Å². The topological polar surface area (TPSA) is 229 Å². The van der Waals surface area contributed by atoms with E-state index in [-0.39, 0.29) is 42.1 Å². The van der Waals surface area contributed by atoms with E-state index in [1.807, 2.05) is 19.1 Å². The minimum absolute atomic E-state index is 0. The van der Waals surface area contributed by atoms with Crippen LogP contribution in [0.15, 0.2) is 42.5 Å². The Bertz CT molecular complexity index is 1200. The third-order valence-electron chi connectivity index (χ3n) is 6.71. The van der Waals surface area contributed by atoms with Gasteiger partial charge in [0.25, 0.3) is 5.91 Å². The third-order valence-corrected chi connectivity index (χ3v) is 6.71. The van der Waals surface area contributed by atoms with Crippen LogP contribution in [-0.2, 0) is 0 Å². The molecule has 13 N–H and O–H groups in total. The van der Waals surface area contributed by atoms with Crippen LogP contribution in [0.4, 0.5) is 29.2 Å². The number of phenolic OH excluding ortho intramolecular Hbond substituents is 1. The van der Waals surface area contributed by atoms with Crippen molar-refractivity contribution in [2.24, 2.45) is 11.5 Å². The molecule has 14 heteroatoms. The highest BCUT2D eigenvalue weighted by Gasteiger charge is 2.20. The van der Waals surface area contributed by atoms with Gasteiger partial charge in [0.1, 0.15) is 5.75 Å². The second-order valence-corrected chi connectivity index (χ2v) is 9.53. The zero-order valence-corrected chi connectivity index (χ0v) is 26.5. The highest BCUT2D eigenvalue weighted by molar-refractivity contribution is 6.05. The molecule has 1 aromatic heterocycles. The molecule has 3 heterocycles. The maximum Gasteiger partial charge on any atom is 0.255 e. The Morgan fingerprint density at radius 2 is 1.28 bits per heavy atom. The van der Waals surface area contributed by atoms with Crippen molar-refractivity contribution in [1.29, 1.82) is 0 Å². The van der Waals surface area contributed by atoms with E-state index in [4.69, 9.17) is 15.0 Å². The molecule has 1 amide bonds. The number of aryl methyl sites for hydroxylation is 1. The van der Waals surface area contributed by atoms with Crippen LogP contribution in [0.5, 0.6) is 5.75 Å². The summed E-state index contributed by atoms with van der Waals surface area (Å²) in [5.74, 6) is 1.52. The lowest BCUT2D eigenvalue weighted by Gasteiger charge is -2.30. The molecule has 0 atom stereocenters. The van der Waals surface area contributed by atoms with Gasteiger partial charge in [0, 0.05) is 49.2 Å². The van der Waals surface area contributed by atoms with Crippen molar-refractivity contribution >= 4 is 47.5 Å². The molecule has 13 nitrogen and oxygen atoms in total. The summed E-state index contributed by atoms with van der Waals surface area (Å²) in [6.07, 6.45) is 7.01. The molecule has 5 rings (SSSR count). The minimum Gasteiger partial charge on any atom is -0.506 e. The second kappa shape index (κ2) is 20.2. The maximum atomic E-state index is 12.6. The zero-order chi connectivity index (χ0) is 28.9. The molecule has 2 aliphatic rings. The summed E-state index contributed by atoms with van der Waals surface area (Å²) in [5, 5.41) is 16.6. The van der Waals surface area contributed by atoms with Crippen LogP contribution in [0.1, 0.15) is 60.2 Å². The SMILES string of the molecule is CN.CN.Cc1ccc(C(=O)Nc2ccc(Nc3nc(N4CCCCC4)nc(N4CCCCC4)n3)cc2O)cc1.Cl.N.N.[HH].[HH].[HH].[HH]. The molecule has 2 aliphatic heterocycles. The maximum absolute atomic E-state index is 12.6. The Morgan fingerprint density at radius 1 is 0.791 bits per heavy atom. The summed E-state index contributed by atoms with van der Waals surface area (Å²) in [4.78, 5) is 31.2. The number of carbonyl (C=O) groups is 1. The second-order valence-electron chi connectivity index (χ2n) is 9.53. The quantitative estimate of drug-likeness (QED) is 0.162. The van der Waals surface area contributed by atoms with Gasteiger partial charge >= 0.3 is 0 Å². The fourth-order valence-corrected chi connectivity index (χ4v) is 4.62. The van der Waals surface area contributed by atoms with Crippen LogP contribution < -0.4 is 44.2 Å². The number of nitrogens with zero attached hydrogens (tertiary/aromatic N) is 5. The van der Waals surface area contributed by atoms with E-state index < -0.39 is 0 Å². The highest BCUT2D eigenvalue weighted by Crippen LogP contribution is 2.30. The standard InChI is InChI=1S/C27H33N7O2.2CH5N.ClH.2H3N.4H2/c1-19-8-10-20(11-9-19)24(36)29-22-13-12-21(18-23(22)35)28-25-30-26(33-14-4-2-5-15-33)32-27(31-25)34-16-6-3-7-17-34;2*1-2;;;;;;;/h8-13,18,35H,2-7,14-17H2,1H3,(H,29,36)(H,28,30,31,32);2*2H2,1H3;1H;2*1H3;4*1H. The average Bonchev–Trinajstić information content (AvgIpc) is 3.01. The Kier molecular flexibility index (Phi) is 18.4. The summed E-state index contributed by atoms with van der Waals surface area (Å²) < 4.78 is 0. The first-order valence-corrected chi connectivity index (χ1v) is 13.9. The van der Waals surface area contributed by atoms with Crippen molar-refractivity contribution in [1.82, 2.24) is 27.3 Å².